The summed E-state index contributed by atoms with van der Waals surface area (Å²) in [5.41, 5.74) is 0.704. The molecule has 0 radical (unpaired) electrons. The summed E-state index contributed by atoms with van der Waals surface area (Å²) in [6.45, 7) is 3.61. The highest BCUT2D eigenvalue weighted by atomic mass is 79.9. The number of fused-ring (bicyclic) bond motifs is 1. The van der Waals surface area contributed by atoms with E-state index in [2.05, 4.69) is 30.8 Å². The van der Waals surface area contributed by atoms with Crippen molar-refractivity contribution in [3.05, 3.63) is 40.6 Å². The fourth-order valence-corrected chi connectivity index (χ4v) is 3.13. The van der Waals surface area contributed by atoms with Gasteiger partial charge in [0.05, 0.1) is 0 Å². The van der Waals surface area contributed by atoms with Gasteiger partial charge in [0, 0.05) is 48.6 Å². The van der Waals surface area contributed by atoms with Crippen LogP contribution in [0, 0.1) is 0 Å². The van der Waals surface area contributed by atoms with E-state index in [-0.39, 0.29) is 11.9 Å². The lowest BCUT2D eigenvalue weighted by Crippen LogP contribution is -2.41. The Morgan fingerprint density at radius 3 is 3.25 bits per heavy atom. The number of carbonyl (C=O) groups is 1. The Bertz CT molecular complexity index is 631. The summed E-state index contributed by atoms with van der Waals surface area (Å²) in [5.74, 6) is 1.10. The van der Waals surface area contributed by atoms with Crippen LogP contribution in [0.1, 0.15) is 29.7 Å². The molecule has 1 aliphatic heterocycles. The summed E-state index contributed by atoms with van der Waals surface area (Å²) in [7, 11) is 0. The topological polar surface area (TPSA) is 51.9 Å². The maximum Gasteiger partial charge on any atom is 0.268 e. The number of nitrogens with one attached hydrogen (secondary N) is 1. The Morgan fingerprint density at radius 2 is 2.45 bits per heavy atom. The molecule has 2 aromatic rings. The van der Waals surface area contributed by atoms with Crippen molar-refractivity contribution in [3.8, 4) is 0 Å². The number of carbonyl (C=O) groups excluding carboxylic acids is 1. The first-order valence-electron chi connectivity index (χ1n) is 6.84. The molecule has 0 saturated carbocycles. The van der Waals surface area contributed by atoms with Crippen LogP contribution in [-0.2, 0) is 19.5 Å². The molecule has 0 saturated heterocycles. The van der Waals surface area contributed by atoms with Crippen LogP contribution in [0.25, 0.3) is 0 Å². The maximum atomic E-state index is 12.4. The second kappa shape index (κ2) is 5.44. The number of halogens is 1. The zero-order valence-corrected chi connectivity index (χ0v) is 12.9. The summed E-state index contributed by atoms with van der Waals surface area (Å²) in [6, 6.07) is 2.03. The lowest BCUT2D eigenvalue weighted by Gasteiger charge is -2.24. The van der Waals surface area contributed by atoms with Crippen molar-refractivity contribution in [1.29, 1.82) is 0 Å². The van der Waals surface area contributed by atoms with Crippen LogP contribution < -0.4 is 5.32 Å². The molecule has 0 aromatic carbocycles. The van der Waals surface area contributed by atoms with Crippen molar-refractivity contribution in [1.82, 2.24) is 19.4 Å². The van der Waals surface area contributed by atoms with Crippen molar-refractivity contribution in [2.45, 2.75) is 38.9 Å². The molecule has 106 valence electrons. The van der Waals surface area contributed by atoms with Gasteiger partial charge in [0.1, 0.15) is 11.5 Å². The number of aryl methyl sites for hydroxylation is 2. The number of imidazole rings is 1. The minimum Gasteiger partial charge on any atom is -0.346 e. The van der Waals surface area contributed by atoms with Crippen LogP contribution in [0.2, 0.25) is 0 Å². The number of amides is 1. The first kappa shape index (κ1) is 13.4. The van der Waals surface area contributed by atoms with E-state index in [9.17, 15) is 4.79 Å². The van der Waals surface area contributed by atoms with E-state index in [4.69, 9.17) is 0 Å². The van der Waals surface area contributed by atoms with Gasteiger partial charge in [-0.05, 0) is 35.3 Å². The number of aromatic nitrogens is 3. The largest absolute Gasteiger partial charge is 0.346 e. The van der Waals surface area contributed by atoms with Gasteiger partial charge in [-0.3, -0.25) is 4.79 Å². The minimum atomic E-state index is -0.00823. The average molecular weight is 337 g/mol. The molecule has 1 atom stereocenters. The van der Waals surface area contributed by atoms with Gasteiger partial charge in [0.2, 0.25) is 0 Å². The van der Waals surface area contributed by atoms with Crippen LogP contribution in [0.3, 0.4) is 0 Å². The lowest BCUT2D eigenvalue weighted by molar-refractivity contribution is 0.0918. The van der Waals surface area contributed by atoms with Crippen molar-refractivity contribution in [3.63, 3.8) is 0 Å². The normalized spacial score (nSPS) is 17.8. The molecule has 0 bridgehead atoms. The molecule has 1 aliphatic rings. The fraction of sp³-hybridized carbons (Fsp3) is 0.429. The zero-order valence-electron chi connectivity index (χ0n) is 11.3. The van der Waals surface area contributed by atoms with E-state index in [0.29, 0.717) is 5.69 Å². The van der Waals surface area contributed by atoms with Gasteiger partial charge < -0.3 is 14.5 Å². The standard InChI is InChI=1S/C14H17BrN4O/c1-2-18-8-10(15)7-12(18)14(20)17-11-3-4-13-16-5-6-19(13)9-11/h5-8,11H,2-4,9H2,1H3,(H,17,20)/t11-/m0/s1. The summed E-state index contributed by atoms with van der Waals surface area (Å²) in [6.07, 6.45) is 7.58. The van der Waals surface area contributed by atoms with Gasteiger partial charge in [-0.25, -0.2) is 4.98 Å². The minimum absolute atomic E-state index is 0.00823. The maximum absolute atomic E-state index is 12.4. The fourth-order valence-electron chi connectivity index (χ4n) is 2.67. The Kier molecular flexibility index (Phi) is 3.65. The zero-order chi connectivity index (χ0) is 14.1. The second-order valence-corrected chi connectivity index (χ2v) is 5.95. The van der Waals surface area contributed by atoms with Gasteiger partial charge in [0.15, 0.2) is 0 Å². The van der Waals surface area contributed by atoms with Gasteiger partial charge in [-0.1, -0.05) is 0 Å². The van der Waals surface area contributed by atoms with Crippen LogP contribution >= 0.6 is 15.9 Å². The highest BCUT2D eigenvalue weighted by Crippen LogP contribution is 2.17. The van der Waals surface area contributed by atoms with Crippen molar-refractivity contribution < 1.29 is 4.79 Å². The SMILES string of the molecule is CCn1cc(Br)cc1C(=O)N[C@H]1CCc2nccn2C1. The number of hydrogen-bond donors (Lipinski definition) is 1. The molecule has 1 N–H and O–H groups in total. The Labute approximate surface area is 126 Å². The summed E-state index contributed by atoms with van der Waals surface area (Å²) >= 11 is 3.42. The highest BCUT2D eigenvalue weighted by Gasteiger charge is 2.22. The van der Waals surface area contributed by atoms with Crippen molar-refractivity contribution in [2.75, 3.05) is 0 Å². The Morgan fingerprint density at radius 1 is 1.60 bits per heavy atom. The first-order chi connectivity index (χ1) is 9.67. The molecule has 20 heavy (non-hydrogen) atoms. The number of hydrogen-bond acceptors (Lipinski definition) is 2. The lowest BCUT2D eigenvalue weighted by atomic mass is 10.1. The number of rotatable bonds is 3. The van der Waals surface area contributed by atoms with Crippen LogP contribution in [0.15, 0.2) is 29.1 Å². The van der Waals surface area contributed by atoms with Crippen LogP contribution in [-0.4, -0.2) is 26.1 Å². The van der Waals surface area contributed by atoms with Gasteiger partial charge in [-0.15, -0.1) is 0 Å². The predicted molar refractivity (Wildman–Crippen MR) is 79.6 cm³/mol. The van der Waals surface area contributed by atoms with Crippen LogP contribution in [0.5, 0.6) is 0 Å². The van der Waals surface area contributed by atoms with Gasteiger partial charge >= 0.3 is 0 Å². The smallest absolute Gasteiger partial charge is 0.268 e. The first-order valence-corrected chi connectivity index (χ1v) is 7.63. The van der Waals surface area contributed by atoms with Gasteiger partial charge in [-0.2, -0.15) is 0 Å². The quantitative estimate of drug-likeness (QED) is 0.934. The third-order valence-electron chi connectivity index (χ3n) is 3.71. The van der Waals surface area contributed by atoms with E-state index in [1.807, 2.05) is 36.1 Å². The molecule has 3 heterocycles. The van der Waals surface area contributed by atoms with E-state index in [1.54, 1.807) is 0 Å². The molecule has 1 amide bonds. The van der Waals surface area contributed by atoms with Crippen molar-refractivity contribution in [2.24, 2.45) is 0 Å². The molecule has 5 nitrogen and oxygen atoms in total. The molecule has 0 unspecified atom stereocenters. The molecular weight excluding hydrogens is 320 g/mol. The summed E-state index contributed by atoms with van der Waals surface area (Å²) < 4.78 is 5.00. The summed E-state index contributed by atoms with van der Waals surface area (Å²) in [5, 5.41) is 3.12. The second-order valence-electron chi connectivity index (χ2n) is 5.03. The van der Waals surface area contributed by atoms with E-state index < -0.39 is 0 Å². The third kappa shape index (κ3) is 2.52. The molecule has 6 heteroatoms. The molecule has 0 aliphatic carbocycles. The van der Waals surface area contributed by atoms with Crippen molar-refractivity contribution >= 4 is 21.8 Å². The molecule has 3 rings (SSSR count). The molecule has 0 fully saturated rings. The predicted octanol–water partition coefficient (Wildman–Crippen LogP) is 2.21. The Hall–Kier alpha value is -1.56. The molecule has 2 aromatic heterocycles. The molecular formula is C14H17BrN4O. The Balaban J connectivity index is 1.71. The monoisotopic (exact) mass is 336 g/mol. The third-order valence-corrected chi connectivity index (χ3v) is 4.14. The van der Waals surface area contributed by atoms with Gasteiger partial charge in [0.25, 0.3) is 5.91 Å². The van der Waals surface area contributed by atoms with E-state index in [1.165, 1.54) is 0 Å². The van der Waals surface area contributed by atoms with E-state index >= 15 is 0 Å². The number of nitrogens with zero attached hydrogens (tertiary/aromatic N) is 3. The molecule has 0 spiro atoms. The highest BCUT2D eigenvalue weighted by molar-refractivity contribution is 9.10. The van der Waals surface area contributed by atoms with Crippen LogP contribution in [0.4, 0.5) is 0 Å². The van der Waals surface area contributed by atoms with E-state index in [0.717, 1.165) is 36.2 Å². The summed E-state index contributed by atoms with van der Waals surface area (Å²) in [4.78, 5) is 16.7. The average Bonchev–Trinajstić information content (AvgIpc) is 3.03.